The zero-order valence-corrected chi connectivity index (χ0v) is 14.9. The summed E-state index contributed by atoms with van der Waals surface area (Å²) in [6.45, 7) is 0. The summed E-state index contributed by atoms with van der Waals surface area (Å²) in [6, 6.07) is 0. The molecule has 0 aromatic heterocycles. The molecule has 3 nitrogen and oxygen atoms in total. The molecule has 0 aromatic carbocycles. The molecule has 0 aromatic rings. The van der Waals surface area contributed by atoms with Crippen LogP contribution >= 0.6 is 0 Å². The number of rotatable bonds is 4. The van der Waals surface area contributed by atoms with E-state index in [1.807, 2.05) is 0 Å². The van der Waals surface area contributed by atoms with Crippen molar-refractivity contribution in [2.75, 3.05) is 0 Å². The van der Waals surface area contributed by atoms with Gasteiger partial charge in [0.2, 0.25) is 0 Å². The molecule has 3 aliphatic carbocycles. The van der Waals surface area contributed by atoms with E-state index >= 15 is 0 Å². The predicted molar refractivity (Wildman–Crippen MR) is 98.3 cm³/mol. The highest BCUT2D eigenvalue weighted by Gasteiger charge is 2.50. The van der Waals surface area contributed by atoms with Gasteiger partial charge in [-0.2, -0.15) is 0 Å². The summed E-state index contributed by atoms with van der Waals surface area (Å²) in [5, 5.41) is 0. The number of nitrogens with zero attached hydrogens (tertiary/aromatic N) is 1. The number of nitrogens with two attached hydrogens (primary N) is 2. The molecule has 3 heteroatoms. The van der Waals surface area contributed by atoms with Crippen molar-refractivity contribution >= 4 is 5.96 Å². The molecule has 0 saturated heterocycles. The molecular formula is C20H37N3. The molecule has 3 saturated carbocycles. The molecule has 23 heavy (non-hydrogen) atoms. The summed E-state index contributed by atoms with van der Waals surface area (Å²) in [6.07, 6.45) is 20.6. The van der Waals surface area contributed by atoms with E-state index in [0.29, 0.717) is 5.96 Å². The second-order valence-electron chi connectivity index (χ2n) is 8.43. The Morgan fingerprint density at radius 3 is 1.13 bits per heavy atom. The van der Waals surface area contributed by atoms with E-state index in [9.17, 15) is 0 Å². The van der Waals surface area contributed by atoms with Gasteiger partial charge in [0, 0.05) is 0 Å². The normalized spacial score (nSPS) is 26.1. The lowest BCUT2D eigenvalue weighted by Crippen LogP contribution is -2.53. The van der Waals surface area contributed by atoms with Crippen LogP contribution in [0.15, 0.2) is 4.99 Å². The Bertz CT molecular complexity index is 336. The topological polar surface area (TPSA) is 64.4 Å². The highest BCUT2D eigenvalue weighted by Crippen LogP contribution is 2.52. The van der Waals surface area contributed by atoms with Crippen LogP contribution in [0.4, 0.5) is 0 Å². The molecule has 3 aliphatic rings. The Morgan fingerprint density at radius 1 is 0.565 bits per heavy atom. The first kappa shape index (κ1) is 17.1. The largest absolute Gasteiger partial charge is 0.370 e. The third-order valence-electron chi connectivity index (χ3n) is 7.10. The summed E-state index contributed by atoms with van der Waals surface area (Å²) < 4.78 is 0. The molecule has 0 heterocycles. The Kier molecular flexibility index (Phi) is 5.87. The predicted octanol–water partition coefficient (Wildman–Crippen LogP) is 4.74. The molecule has 0 aliphatic heterocycles. The minimum Gasteiger partial charge on any atom is -0.370 e. The fourth-order valence-corrected chi connectivity index (χ4v) is 6.19. The number of aliphatic imine (C=N–C) groups is 1. The first-order chi connectivity index (χ1) is 11.2. The van der Waals surface area contributed by atoms with Gasteiger partial charge in [-0.3, -0.25) is 0 Å². The van der Waals surface area contributed by atoms with Crippen molar-refractivity contribution in [1.82, 2.24) is 0 Å². The lowest BCUT2D eigenvalue weighted by Gasteiger charge is -2.52. The van der Waals surface area contributed by atoms with E-state index in [1.54, 1.807) is 0 Å². The van der Waals surface area contributed by atoms with E-state index < -0.39 is 0 Å². The lowest BCUT2D eigenvalue weighted by atomic mass is 9.56. The molecule has 0 atom stereocenters. The zero-order chi connectivity index (χ0) is 16.1. The van der Waals surface area contributed by atoms with Crippen molar-refractivity contribution in [2.24, 2.45) is 34.2 Å². The summed E-state index contributed by atoms with van der Waals surface area (Å²) in [5.41, 5.74) is 12.1. The van der Waals surface area contributed by atoms with Crippen LogP contribution in [0.1, 0.15) is 96.3 Å². The molecule has 0 amide bonds. The van der Waals surface area contributed by atoms with Crippen LogP contribution in [-0.2, 0) is 0 Å². The third kappa shape index (κ3) is 3.69. The molecule has 4 N–H and O–H groups in total. The van der Waals surface area contributed by atoms with Gasteiger partial charge >= 0.3 is 0 Å². The molecule has 3 fully saturated rings. The first-order valence-electron chi connectivity index (χ1n) is 10.3. The molecule has 3 rings (SSSR count). The minimum atomic E-state index is 0.0695. The maximum absolute atomic E-state index is 6.03. The summed E-state index contributed by atoms with van der Waals surface area (Å²) >= 11 is 0. The van der Waals surface area contributed by atoms with Crippen molar-refractivity contribution in [1.29, 1.82) is 0 Å². The van der Waals surface area contributed by atoms with Crippen LogP contribution in [0.5, 0.6) is 0 Å². The van der Waals surface area contributed by atoms with Crippen molar-refractivity contribution in [3.63, 3.8) is 0 Å². The molecule has 0 spiro atoms. The number of hydrogen-bond acceptors (Lipinski definition) is 1. The van der Waals surface area contributed by atoms with E-state index in [0.717, 1.165) is 17.8 Å². The molecule has 0 radical (unpaired) electrons. The van der Waals surface area contributed by atoms with Gasteiger partial charge in [0.05, 0.1) is 5.54 Å². The van der Waals surface area contributed by atoms with Gasteiger partial charge < -0.3 is 11.5 Å². The molecular weight excluding hydrogens is 282 g/mol. The summed E-state index contributed by atoms with van der Waals surface area (Å²) in [7, 11) is 0. The first-order valence-corrected chi connectivity index (χ1v) is 10.3. The van der Waals surface area contributed by atoms with Gasteiger partial charge in [0.15, 0.2) is 5.96 Å². The van der Waals surface area contributed by atoms with Crippen LogP contribution in [-0.4, -0.2) is 11.5 Å². The van der Waals surface area contributed by atoms with Crippen molar-refractivity contribution in [2.45, 2.75) is 102 Å². The average Bonchev–Trinajstić information content (AvgIpc) is 2.62. The third-order valence-corrected chi connectivity index (χ3v) is 7.10. The maximum atomic E-state index is 6.03. The highest BCUT2D eigenvalue weighted by atomic mass is 15.1. The fourth-order valence-electron chi connectivity index (χ4n) is 6.19. The second-order valence-corrected chi connectivity index (χ2v) is 8.43. The van der Waals surface area contributed by atoms with Gasteiger partial charge in [-0.25, -0.2) is 4.99 Å². The summed E-state index contributed by atoms with van der Waals surface area (Å²) in [4.78, 5) is 5.15. The van der Waals surface area contributed by atoms with E-state index in [-0.39, 0.29) is 5.54 Å². The lowest BCUT2D eigenvalue weighted by molar-refractivity contribution is 0.0347. The Hall–Kier alpha value is -0.730. The van der Waals surface area contributed by atoms with Gasteiger partial charge in [-0.1, -0.05) is 57.8 Å². The number of hydrogen-bond donors (Lipinski definition) is 2. The second kappa shape index (κ2) is 7.90. The standard InChI is InChI=1S/C20H37N3/c21-19(22)23-20(16-10-4-1-5-11-16,17-12-6-2-7-13-17)18-14-8-3-9-15-18/h16-18H,1-15H2,(H4,21,22,23). The zero-order valence-electron chi connectivity index (χ0n) is 14.9. The van der Waals surface area contributed by atoms with Crippen molar-refractivity contribution < 1.29 is 0 Å². The molecule has 0 bridgehead atoms. The quantitative estimate of drug-likeness (QED) is 0.580. The van der Waals surface area contributed by atoms with Crippen LogP contribution < -0.4 is 11.5 Å². The monoisotopic (exact) mass is 319 g/mol. The Labute approximate surface area is 142 Å². The van der Waals surface area contributed by atoms with E-state index in [1.165, 1.54) is 96.3 Å². The SMILES string of the molecule is NC(N)=NC(C1CCCCC1)(C1CCCCC1)C1CCCCC1. The van der Waals surface area contributed by atoms with Crippen LogP contribution in [0.3, 0.4) is 0 Å². The number of guanidine groups is 1. The van der Waals surface area contributed by atoms with Crippen LogP contribution in [0.2, 0.25) is 0 Å². The Morgan fingerprint density at radius 2 is 0.870 bits per heavy atom. The fraction of sp³-hybridized carbons (Fsp3) is 0.950. The van der Waals surface area contributed by atoms with Crippen molar-refractivity contribution in [3.8, 4) is 0 Å². The van der Waals surface area contributed by atoms with E-state index in [2.05, 4.69) is 0 Å². The van der Waals surface area contributed by atoms with Gasteiger partial charge in [0.25, 0.3) is 0 Å². The average molecular weight is 320 g/mol. The van der Waals surface area contributed by atoms with Crippen LogP contribution in [0, 0.1) is 17.8 Å². The molecule has 0 unspecified atom stereocenters. The highest BCUT2D eigenvalue weighted by molar-refractivity contribution is 5.76. The van der Waals surface area contributed by atoms with Crippen molar-refractivity contribution in [3.05, 3.63) is 0 Å². The Balaban J connectivity index is 1.97. The van der Waals surface area contributed by atoms with E-state index in [4.69, 9.17) is 16.5 Å². The maximum Gasteiger partial charge on any atom is 0.186 e. The minimum absolute atomic E-state index is 0.0695. The molecule has 132 valence electrons. The van der Waals surface area contributed by atoms with Gasteiger partial charge in [-0.05, 0) is 56.3 Å². The smallest absolute Gasteiger partial charge is 0.186 e. The summed E-state index contributed by atoms with van der Waals surface area (Å²) in [5.74, 6) is 2.53. The van der Waals surface area contributed by atoms with Gasteiger partial charge in [-0.15, -0.1) is 0 Å². The van der Waals surface area contributed by atoms with Gasteiger partial charge in [0.1, 0.15) is 0 Å². The van der Waals surface area contributed by atoms with Crippen LogP contribution in [0.25, 0.3) is 0 Å².